The second kappa shape index (κ2) is 11.7. The molecule has 0 fully saturated rings. The molecule has 0 aliphatic heterocycles. The molecule has 4 heteroatoms. The highest BCUT2D eigenvalue weighted by Crippen LogP contribution is 2.41. The molecule has 2 aliphatic rings. The lowest BCUT2D eigenvalue weighted by molar-refractivity contribution is 0.668. The maximum atomic E-state index is 10.2. The molecule has 0 radical (unpaired) electrons. The number of para-hydroxylation sites is 3. The normalized spacial score (nSPS) is 16.4. The Balaban J connectivity index is 1.15. The van der Waals surface area contributed by atoms with Crippen molar-refractivity contribution in [3.63, 3.8) is 0 Å². The molecule has 50 heavy (non-hydrogen) atoms. The van der Waals surface area contributed by atoms with Gasteiger partial charge in [0.15, 0.2) is 0 Å². The highest BCUT2D eigenvalue weighted by atomic mass is 15.0. The van der Waals surface area contributed by atoms with Crippen LogP contribution in [0.3, 0.4) is 0 Å². The molecule has 5 aromatic carbocycles. The fourth-order valence-electron chi connectivity index (χ4n) is 8.16. The number of fused-ring (bicyclic) bond motifs is 6. The minimum absolute atomic E-state index is 0.158. The van der Waals surface area contributed by atoms with Gasteiger partial charge in [0, 0.05) is 50.1 Å². The van der Waals surface area contributed by atoms with Gasteiger partial charge in [0.25, 0.3) is 0 Å². The molecule has 2 aliphatic carbocycles. The molecular formula is C46H34N4. The Morgan fingerprint density at radius 2 is 1.28 bits per heavy atom. The number of hydrogen-bond acceptors (Lipinski definition) is 2. The van der Waals surface area contributed by atoms with Gasteiger partial charge in [-0.2, -0.15) is 10.5 Å². The van der Waals surface area contributed by atoms with Crippen molar-refractivity contribution >= 4 is 34.0 Å². The summed E-state index contributed by atoms with van der Waals surface area (Å²) >= 11 is 0. The maximum Gasteiger partial charge on any atom is 0.0992 e. The summed E-state index contributed by atoms with van der Waals surface area (Å²) in [6, 6.07) is 45.5. The molecule has 0 spiro atoms. The quantitative estimate of drug-likeness (QED) is 0.192. The van der Waals surface area contributed by atoms with E-state index >= 15 is 0 Å². The lowest BCUT2D eigenvalue weighted by Crippen LogP contribution is -2.12. The van der Waals surface area contributed by atoms with E-state index in [-0.39, 0.29) is 5.92 Å². The first-order valence-electron chi connectivity index (χ1n) is 17.3. The number of benzene rings is 5. The summed E-state index contributed by atoms with van der Waals surface area (Å²) in [5.41, 5.74) is 15.2. The summed E-state index contributed by atoms with van der Waals surface area (Å²) in [4.78, 5) is 0. The zero-order chi connectivity index (χ0) is 33.9. The average molecular weight is 643 g/mol. The molecule has 238 valence electrons. The summed E-state index contributed by atoms with van der Waals surface area (Å²) in [5.74, 6) is 0.607. The van der Waals surface area contributed by atoms with Crippen molar-refractivity contribution in [1.29, 1.82) is 10.5 Å². The molecular weight excluding hydrogens is 609 g/mol. The molecule has 0 bridgehead atoms. The van der Waals surface area contributed by atoms with Crippen LogP contribution in [0.2, 0.25) is 0 Å². The van der Waals surface area contributed by atoms with Gasteiger partial charge in [-0.05, 0) is 83.8 Å². The van der Waals surface area contributed by atoms with Gasteiger partial charge in [-0.15, -0.1) is 0 Å². The fraction of sp³-hybridized carbons (Fsp3) is 0.130. The molecule has 0 N–H and O–H groups in total. The Hall–Kier alpha value is -6.36. The summed E-state index contributed by atoms with van der Waals surface area (Å²) in [7, 11) is 0. The van der Waals surface area contributed by atoms with Crippen LogP contribution in [0.4, 0.5) is 0 Å². The van der Waals surface area contributed by atoms with E-state index in [1.54, 1.807) is 0 Å². The second-order valence-corrected chi connectivity index (χ2v) is 13.8. The van der Waals surface area contributed by atoms with Gasteiger partial charge in [-0.1, -0.05) is 105 Å². The molecule has 0 saturated heterocycles. The van der Waals surface area contributed by atoms with Crippen LogP contribution >= 0.6 is 0 Å². The molecule has 4 nitrogen and oxygen atoms in total. The van der Waals surface area contributed by atoms with Crippen LogP contribution < -0.4 is 0 Å². The van der Waals surface area contributed by atoms with Crippen molar-refractivity contribution in [2.75, 3.05) is 0 Å². The Labute approximate surface area is 292 Å². The predicted octanol–water partition coefficient (Wildman–Crippen LogP) is 11.1. The highest BCUT2D eigenvalue weighted by molar-refractivity contribution is 5.96. The topological polar surface area (TPSA) is 57.4 Å². The third-order valence-corrected chi connectivity index (χ3v) is 10.6. The van der Waals surface area contributed by atoms with Gasteiger partial charge in [0.05, 0.1) is 34.4 Å². The van der Waals surface area contributed by atoms with Crippen LogP contribution in [0.25, 0.3) is 67.6 Å². The van der Waals surface area contributed by atoms with Crippen molar-refractivity contribution in [1.82, 2.24) is 9.13 Å². The molecule has 0 saturated carbocycles. The SMILES string of the molecule is CC1C=Cc2c(n(-c3cc(C#N)cc(-c4ccc(-c5ccccc5-n5c6c(c7ccccc75)C=C(C#N)C(C)C6)cc4)c3)c3ccccc23)C1. The predicted molar refractivity (Wildman–Crippen MR) is 204 cm³/mol. The molecule has 7 aromatic rings. The lowest BCUT2D eigenvalue weighted by atomic mass is 9.88. The van der Waals surface area contributed by atoms with Gasteiger partial charge in [0.1, 0.15) is 0 Å². The first kappa shape index (κ1) is 29.8. The number of hydrogen-bond donors (Lipinski definition) is 0. The Morgan fingerprint density at radius 3 is 2.04 bits per heavy atom. The standard InChI is InChI=1S/C46H34N4/c1-29-15-20-40-38-10-4-7-13-43(38)49(45(40)21-29)36-24-31(27-47)23-34(25-36)32-16-18-33(19-17-32)37-9-3-6-12-42(37)50-44-14-8-5-11-39(44)41-26-35(28-48)30(2)22-46(41)50/h3-20,23-26,29-30H,21-22H2,1-2H3. The maximum absolute atomic E-state index is 10.2. The van der Waals surface area contributed by atoms with Crippen LogP contribution in [0, 0.1) is 34.5 Å². The Kier molecular flexibility index (Phi) is 6.94. The van der Waals surface area contributed by atoms with Crippen LogP contribution in [-0.2, 0) is 12.8 Å². The third-order valence-electron chi connectivity index (χ3n) is 10.6. The number of allylic oxidation sites excluding steroid dienone is 2. The van der Waals surface area contributed by atoms with Crippen molar-refractivity contribution in [2.24, 2.45) is 11.8 Å². The number of aromatic nitrogens is 2. The zero-order valence-electron chi connectivity index (χ0n) is 28.1. The van der Waals surface area contributed by atoms with Gasteiger partial charge in [-0.3, -0.25) is 0 Å². The molecule has 2 heterocycles. The molecule has 2 aromatic heterocycles. The fourth-order valence-corrected chi connectivity index (χ4v) is 8.16. The third kappa shape index (κ3) is 4.65. The molecule has 0 amide bonds. The van der Waals surface area contributed by atoms with Gasteiger partial charge >= 0.3 is 0 Å². The monoisotopic (exact) mass is 642 g/mol. The lowest BCUT2D eigenvalue weighted by Gasteiger charge is -2.21. The highest BCUT2D eigenvalue weighted by Gasteiger charge is 2.26. The van der Waals surface area contributed by atoms with Gasteiger partial charge in [0.2, 0.25) is 0 Å². The van der Waals surface area contributed by atoms with E-state index in [1.165, 1.54) is 27.7 Å². The second-order valence-electron chi connectivity index (χ2n) is 13.8. The van der Waals surface area contributed by atoms with Crippen LogP contribution in [0.15, 0.2) is 127 Å². The minimum Gasteiger partial charge on any atom is -0.313 e. The van der Waals surface area contributed by atoms with E-state index in [0.29, 0.717) is 11.5 Å². The summed E-state index contributed by atoms with van der Waals surface area (Å²) in [6.07, 6.45) is 8.42. The van der Waals surface area contributed by atoms with E-state index in [0.717, 1.165) is 68.6 Å². The molecule has 2 atom stereocenters. The van der Waals surface area contributed by atoms with Gasteiger partial charge in [-0.25, -0.2) is 0 Å². The smallest absolute Gasteiger partial charge is 0.0992 e. The number of nitriles is 2. The minimum atomic E-state index is 0.158. The van der Waals surface area contributed by atoms with E-state index in [2.05, 4.69) is 156 Å². The van der Waals surface area contributed by atoms with Crippen molar-refractivity contribution in [2.45, 2.75) is 26.7 Å². The van der Waals surface area contributed by atoms with Crippen molar-refractivity contribution < 1.29 is 0 Å². The van der Waals surface area contributed by atoms with E-state index in [9.17, 15) is 10.5 Å². The average Bonchev–Trinajstić information content (AvgIpc) is 3.65. The van der Waals surface area contributed by atoms with Crippen molar-refractivity contribution in [3.05, 3.63) is 155 Å². The number of rotatable bonds is 4. The summed E-state index contributed by atoms with van der Waals surface area (Å²) in [6.45, 7) is 4.40. The van der Waals surface area contributed by atoms with E-state index < -0.39 is 0 Å². The van der Waals surface area contributed by atoms with Crippen LogP contribution in [0.5, 0.6) is 0 Å². The van der Waals surface area contributed by atoms with E-state index in [4.69, 9.17) is 0 Å². The Bertz CT molecular complexity index is 2650. The first-order chi connectivity index (χ1) is 24.5. The molecule has 9 rings (SSSR count). The summed E-state index contributed by atoms with van der Waals surface area (Å²) < 4.78 is 4.76. The number of nitrogens with zero attached hydrogens (tertiary/aromatic N) is 4. The van der Waals surface area contributed by atoms with Crippen molar-refractivity contribution in [3.8, 4) is 45.8 Å². The van der Waals surface area contributed by atoms with Gasteiger partial charge < -0.3 is 9.13 Å². The van der Waals surface area contributed by atoms with E-state index in [1.807, 2.05) is 12.1 Å². The first-order valence-corrected chi connectivity index (χ1v) is 17.3. The largest absolute Gasteiger partial charge is 0.313 e. The molecule has 2 unspecified atom stereocenters. The zero-order valence-corrected chi connectivity index (χ0v) is 28.1. The summed E-state index contributed by atoms with van der Waals surface area (Å²) in [5, 5.41) is 22.4. The Morgan fingerprint density at radius 1 is 0.620 bits per heavy atom. The van der Waals surface area contributed by atoms with Crippen LogP contribution in [-0.4, -0.2) is 9.13 Å². The van der Waals surface area contributed by atoms with Crippen LogP contribution in [0.1, 0.15) is 41.9 Å².